The summed E-state index contributed by atoms with van der Waals surface area (Å²) in [6.45, 7) is 5.28. The highest BCUT2D eigenvalue weighted by Gasteiger charge is 2.22. The maximum Gasteiger partial charge on any atom is 0.263 e. The SMILES string of the molecule is CCCCCOc1c(Br)cc(/C=C2\SC(=S)NC2=O)cc1OCC. The maximum atomic E-state index is 11.8. The molecule has 0 saturated carbocycles. The van der Waals surface area contributed by atoms with Gasteiger partial charge in [-0.3, -0.25) is 4.79 Å². The molecule has 1 saturated heterocycles. The van der Waals surface area contributed by atoms with Crippen LogP contribution >= 0.6 is 39.9 Å². The Hall–Kier alpha value is -1.05. The van der Waals surface area contributed by atoms with Crippen LogP contribution in [0.4, 0.5) is 0 Å². The zero-order valence-electron chi connectivity index (χ0n) is 13.7. The van der Waals surface area contributed by atoms with Crippen LogP contribution in [-0.2, 0) is 4.79 Å². The van der Waals surface area contributed by atoms with Gasteiger partial charge in [-0.15, -0.1) is 0 Å². The van der Waals surface area contributed by atoms with Crippen molar-refractivity contribution < 1.29 is 14.3 Å². The minimum atomic E-state index is -0.168. The number of nitrogens with one attached hydrogen (secondary N) is 1. The molecule has 0 atom stereocenters. The number of unbranched alkanes of at least 4 members (excludes halogenated alkanes) is 2. The van der Waals surface area contributed by atoms with Gasteiger partial charge in [0.1, 0.15) is 4.32 Å². The molecule has 4 nitrogen and oxygen atoms in total. The number of amides is 1. The molecule has 130 valence electrons. The Morgan fingerprint density at radius 2 is 2.08 bits per heavy atom. The van der Waals surface area contributed by atoms with Crippen LogP contribution in [0.5, 0.6) is 11.5 Å². The number of rotatable bonds is 8. The molecule has 1 fully saturated rings. The van der Waals surface area contributed by atoms with E-state index in [1.54, 1.807) is 6.08 Å². The van der Waals surface area contributed by atoms with Crippen LogP contribution in [0.2, 0.25) is 0 Å². The molecule has 0 aromatic heterocycles. The van der Waals surface area contributed by atoms with Gasteiger partial charge in [-0.1, -0.05) is 43.7 Å². The third-order valence-corrected chi connectivity index (χ3v) is 5.02. The molecule has 1 N–H and O–H groups in total. The number of benzene rings is 1. The summed E-state index contributed by atoms with van der Waals surface area (Å²) in [6.07, 6.45) is 5.09. The molecule has 0 spiro atoms. The fourth-order valence-corrected chi connectivity index (χ4v) is 3.79. The smallest absolute Gasteiger partial charge is 0.263 e. The van der Waals surface area contributed by atoms with Gasteiger partial charge in [0.05, 0.1) is 22.6 Å². The minimum Gasteiger partial charge on any atom is -0.490 e. The van der Waals surface area contributed by atoms with E-state index in [-0.39, 0.29) is 5.91 Å². The van der Waals surface area contributed by atoms with Crippen LogP contribution in [0.3, 0.4) is 0 Å². The zero-order valence-corrected chi connectivity index (χ0v) is 16.9. The van der Waals surface area contributed by atoms with Gasteiger partial charge in [0.2, 0.25) is 0 Å². The number of ether oxygens (including phenoxy) is 2. The highest BCUT2D eigenvalue weighted by atomic mass is 79.9. The second-order valence-electron chi connectivity index (χ2n) is 5.17. The molecule has 1 aliphatic rings. The van der Waals surface area contributed by atoms with E-state index in [4.69, 9.17) is 21.7 Å². The molecule has 1 heterocycles. The Bertz CT molecular complexity index is 661. The van der Waals surface area contributed by atoms with Gasteiger partial charge in [-0.05, 0) is 53.0 Å². The van der Waals surface area contributed by atoms with Gasteiger partial charge >= 0.3 is 0 Å². The molecule has 1 amide bonds. The largest absolute Gasteiger partial charge is 0.490 e. The Balaban J connectivity index is 2.24. The van der Waals surface area contributed by atoms with E-state index < -0.39 is 0 Å². The van der Waals surface area contributed by atoms with E-state index in [9.17, 15) is 4.79 Å². The van der Waals surface area contributed by atoms with Crippen molar-refractivity contribution in [2.24, 2.45) is 0 Å². The second kappa shape index (κ2) is 9.44. The highest BCUT2D eigenvalue weighted by Crippen LogP contribution is 2.38. The van der Waals surface area contributed by atoms with Gasteiger partial charge in [-0.2, -0.15) is 0 Å². The van der Waals surface area contributed by atoms with Crippen LogP contribution < -0.4 is 14.8 Å². The van der Waals surface area contributed by atoms with Crippen LogP contribution in [0, 0.1) is 0 Å². The average Bonchev–Trinajstić information content (AvgIpc) is 2.83. The number of hydrogen-bond donors (Lipinski definition) is 1. The Labute approximate surface area is 160 Å². The summed E-state index contributed by atoms with van der Waals surface area (Å²) in [4.78, 5) is 12.4. The summed E-state index contributed by atoms with van der Waals surface area (Å²) >= 11 is 9.82. The number of thioether (sulfide) groups is 1. The molecule has 7 heteroatoms. The van der Waals surface area contributed by atoms with E-state index >= 15 is 0 Å². The molecule has 24 heavy (non-hydrogen) atoms. The lowest BCUT2D eigenvalue weighted by molar-refractivity contribution is -0.115. The molecule has 2 rings (SSSR count). The fourth-order valence-electron chi connectivity index (χ4n) is 2.17. The number of thiocarbonyl (C=S) groups is 1. The molecule has 1 aromatic carbocycles. The van der Waals surface area contributed by atoms with E-state index in [0.29, 0.717) is 33.9 Å². The van der Waals surface area contributed by atoms with Gasteiger partial charge in [0.15, 0.2) is 11.5 Å². The fraction of sp³-hybridized carbons (Fsp3) is 0.412. The highest BCUT2D eigenvalue weighted by molar-refractivity contribution is 9.10. The predicted molar refractivity (Wildman–Crippen MR) is 107 cm³/mol. The average molecular weight is 430 g/mol. The van der Waals surface area contributed by atoms with Crippen molar-refractivity contribution in [2.75, 3.05) is 13.2 Å². The van der Waals surface area contributed by atoms with Crippen LogP contribution in [0.1, 0.15) is 38.7 Å². The van der Waals surface area contributed by atoms with Gasteiger partial charge < -0.3 is 14.8 Å². The van der Waals surface area contributed by atoms with Crippen molar-refractivity contribution in [3.05, 3.63) is 27.1 Å². The van der Waals surface area contributed by atoms with Crippen molar-refractivity contribution in [3.8, 4) is 11.5 Å². The lowest BCUT2D eigenvalue weighted by Gasteiger charge is -2.14. The van der Waals surface area contributed by atoms with Gasteiger partial charge in [0, 0.05) is 0 Å². The second-order valence-corrected chi connectivity index (χ2v) is 7.74. The molecule has 0 radical (unpaired) electrons. The summed E-state index contributed by atoms with van der Waals surface area (Å²) in [5.41, 5.74) is 0.855. The molecule has 0 unspecified atom stereocenters. The maximum absolute atomic E-state index is 11.8. The first-order valence-electron chi connectivity index (χ1n) is 7.89. The van der Waals surface area contributed by atoms with E-state index in [1.165, 1.54) is 11.8 Å². The predicted octanol–water partition coefficient (Wildman–Crippen LogP) is 4.91. The number of carbonyl (C=O) groups excluding carboxylic acids is 1. The number of hydrogen-bond acceptors (Lipinski definition) is 5. The molecule has 1 aromatic rings. The normalized spacial score (nSPS) is 15.7. The van der Waals surface area contributed by atoms with Crippen LogP contribution in [0.25, 0.3) is 6.08 Å². The molecule has 1 aliphatic heterocycles. The lowest BCUT2D eigenvalue weighted by atomic mass is 10.2. The summed E-state index contributed by atoms with van der Waals surface area (Å²) in [7, 11) is 0. The van der Waals surface area contributed by atoms with E-state index in [2.05, 4.69) is 28.2 Å². The first-order valence-corrected chi connectivity index (χ1v) is 9.91. The molecule has 0 aliphatic carbocycles. The summed E-state index contributed by atoms with van der Waals surface area (Å²) in [6, 6.07) is 3.80. The molecule has 0 bridgehead atoms. The Morgan fingerprint density at radius 3 is 2.71 bits per heavy atom. The monoisotopic (exact) mass is 429 g/mol. The number of carbonyl (C=O) groups is 1. The lowest BCUT2D eigenvalue weighted by Crippen LogP contribution is -2.17. The Morgan fingerprint density at radius 1 is 1.29 bits per heavy atom. The van der Waals surface area contributed by atoms with Crippen molar-refractivity contribution in [3.63, 3.8) is 0 Å². The summed E-state index contributed by atoms with van der Waals surface area (Å²) < 4.78 is 12.9. The van der Waals surface area contributed by atoms with Crippen LogP contribution in [0.15, 0.2) is 21.5 Å². The van der Waals surface area contributed by atoms with Gasteiger partial charge in [0.25, 0.3) is 5.91 Å². The van der Waals surface area contributed by atoms with Gasteiger partial charge in [-0.25, -0.2) is 0 Å². The van der Waals surface area contributed by atoms with Crippen molar-refractivity contribution >= 4 is 56.2 Å². The Kier molecular flexibility index (Phi) is 7.58. The van der Waals surface area contributed by atoms with Crippen molar-refractivity contribution in [1.82, 2.24) is 5.32 Å². The van der Waals surface area contributed by atoms with Crippen molar-refractivity contribution in [1.29, 1.82) is 0 Å². The van der Waals surface area contributed by atoms with Crippen molar-refractivity contribution in [2.45, 2.75) is 33.1 Å². The number of halogens is 1. The first kappa shape index (κ1) is 19.3. The zero-order chi connectivity index (χ0) is 17.5. The topological polar surface area (TPSA) is 47.6 Å². The standard InChI is InChI=1S/C17H20BrNO3S2/c1-3-5-6-7-22-15-12(18)8-11(9-13(15)21-4-2)10-14-16(20)19-17(23)24-14/h8-10H,3-7H2,1-2H3,(H,19,20,23)/b14-10-. The minimum absolute atomic E-state index is 0.168. The molecular formula is C17H20BrNO3S2. The third kappa shape index (κ3) is 5.22. The third-order valence-electron chi connectivity index (χ3n) is 3.27. The first-order chi connectivity index (χ1) is 11.5. The van der Waals surface area contributed by atoms with E-state index in [0.717, 1.165) is 29.3 Å². The summed E-state index contributed by atoms with van der Waals surface area (Å²) in [5.74, 6) is 1.20. The van der Waals surface area contributed by atoms with E-state index in [1.807, 2.05) is 19.1 Å². The van der Waals surface area contributed by atoms with Crippen LogP contribution in [-0.4, -0.2) is 23.4 Å². The summed E-state index contributed by atoms with van der Waals surface area (Å²) in [5, 5.41) is 2.61. The molecular weight excluding hydrogens is 410 g/mol. The quantitative estimate of drug-likeness (QED) is 0.361.